The number of phenols is 1. The van der Waals surface area contributed by atoms with Gasteiger partial charge in [0.05, 0.1) is 11.7 Å². The van der Waals surface area contributed by atoms with Crippen LogP contribution in [0.3, 0.4) is 0 Å². The van der Waals surface area contributed by atoms with E-state index >= 15 is 0 Å². The SMILES string of the molecule is Cc1ccc(C(=O)NCC[C@H]2CCCO2)c(O)c1C. The first-order chi connectivity index (χ1) is 9.09. The summed E-state index contributed by atoms with van der Waals surface area (Å²) in [4.78, 5) is 12.0. The highest BCUT2D eigenvalue weighted by Crippen LogP contribution is 2.24. The number of ether oxygens (including phenoxy) is 1. The zero-order chi connectivity index (χ0) is 13.8. The van der Waals surface area contributed by atoms with Crippen molar-refractivity contribution in [1.29, 1.82) is 0 Å². The number of nitrogens with one attached hydrogen (secondary N) is 1. The van der Waals surface area contributed by atoms with Crippen molar-refractivity contribution in [2.24, 2.45) is 0 Å². The number of carbonyl (C=O) groups is 1. The van der Waals surface area contributed by atoms with Gasteiger partial charge in [0.1, 0.15) is 5.75 Å². The molecule has 0 bridgehead atoms. The van der Waals surface area contributed by atoms with Crippen molar-refractivity contribution in [3.05, 3.63) is 28.8 Å². The minimum Gasteiger partial charge on any atom is -0.507 e. The molecule has 2 rings (SSSR count). The monoisotopic (exact) mass is 263 g/mol. The topological polar surface area (TPSA) is 58.6 Å². The second-order valence-electron chi connectivity index (χ2n) is 5.08. The summed E-state index contributed by atoms with van der Waals surface area (Å²) in [5.74, 6) is -0.145. The predicted octanol–water partition coefficient (Wildman–Crippen LogP) is 2.31. The van der Waals surface area contributed by atoms with E-state index in [9.17, 15) is 9.90 Å². The molecule has 2 N–H and O–H groups in total. The Labute approximate surface area is 113 Å². The van der Waals surface area contributed by atoms with Crippen molar-refractivity contribution in [3.8, 4) is 5.75 Å². The van der Waals surface area contributed by atoms with Gasteiger partial charge in [-0.05, 0) is 50.3 Å². The number of aryl methyl sites for hydroxylation is 1. The van der Waals surface area contributed by atoms with Crippen LogP contribution in [0.4, 0.5) is 0 Å². The molecule has 1 aliphatic rings. The number of hydrogen-bond acceptors (Lipinski definition) is 3. The van der Waals surface area contributed by atoms with Crippen molar-refractivity contribution < 1.29 is 14.6 Å². The number of carbonyl (C=O) groups excluding carboxylic acids is 1. The Balaban J connectivity index is 1.90. The molecule has 104 valence electrons. The van der Waals surface area contributed by atoms with Gasteiger partial charge in [-0.1, -0.05) is 6.07 Å². The molecule has 0 saturated carbocycles. The summed E-state index contributed by atoms with van der Waals surface area (Å²) in [6.45, 7) is 5.13. The van der Waals surface area contributed by atoms with Crippen LogP contribution in [0.25, 0.3) is 0 Å². The lowest BCUT2D eigenvalue weighted by atomic mass is 10.0. The highest BCUT2D eigenvalue weighted by atomic mass is 16.5. The molecule has 0 spiro atoms. The summed E-state index contributed by atoms with van der Waals surface area (Å²) in [6.07, 6.45) is 3.28. The number of amides is 1. The fourth-order valence-corrected chi connectivity index (χ4v) is 2.30. The number of phenolic OH excluding ortho intramolecular Hbond substituents is 1. The lowest BCUT2D eigenvalue weighted by Crippen LogP contribution is -2.27. The van der Waals surface area contributed by atoms with Gasteiger partial charge >= 0.3 is 0 Å². The molecule has 1 atom stereocenters. The highest BCUT2D eigenvalue weighted by Gasteiger charge is 2.17. The molecule has 4 nitrogen and oxygen atoms in total. The smallest absolute Gasteiger partial charge is 0.255 e. The first kappa shape index (κ1) is 13.9. The molecule has 0 aliphatic carbocycles. The van der Waals surface area contributed by atoms with Crippen molar-refractivity contribution in [3.63, 3.8) is 0 Å². The fraction of sp³-hybridized carbons (Fsp3) is 0.533. The lowest BCUT2D eigenvalue weighted by molar-refractivity contribution is 0.0905. The van der Waals surface area contributed by atoms with Crippen molar-refractivity contribution in [2.45, 2.75) is 39.2 Å². The summed E-state index contributed by atoms with van der Waals surface area (Å²) in [5.41, 5.74) is 2.08. The van der Waals surface area contributed by atoms with Crippen LogP contribution in [-0.2, 0) is 4.74 Å². The molecule has 1 saturated heterocycles. The van der Waals surface area contributed by atoms with E-state index in [0.29, 0.717) is 12.1 Å². The maximum atomic E-state index is 12.0. The Bertz CT molecular complexity index is 465. The quantitative estimate of drug-likeness (QED) is 0.876. The van der Waals surface area contributed by atoms with E-state index < -0.39 is 0 Å². The second kappa shape index (κ2) is 6.06. The van der Waals surface area contributed by atoms with Gasteiger partial charge in [0.2, 0.25) is 0 Å². The van der Waals surface area contributed by atoms with Crippen LogP contribution < -0.4 is 5.32 Å². The van der Waals surface area contributed by atoms with Gasteiger partial charge in [-0.25, -0.2) is 0 Å². The molecule has 1 aromatic rings. The Morgan fingerprint density at radius 3 is 2.95 bits per heavy atom. The van der Waals surface area contributed by atoms with E-state index in [4.69, 9.17) is 4.74 Å². The molecule has 1 amide bonds. The summed E-state index contributed by atoms with van der Waals surface area (Å²) >= 11 is 0. The summed E-state index contributed by atoms with van der Waals surface area (Å²) in [5, 5.41) is 12.8. The van der Waals surface area contributed by atoms with Crippen LogP contribution in [0.1, 0.15) is 40.7 Å². The number of benzene rings is 1. The lowest BCUT2D eigenvalue weighted by Gasteiger charge is -2.12. The van der Waals surface area contributed by atoms with E-state index in [2.05, 4.69) is 5.32 Å². The van der Waals surface area contributed by atoms with Gasteiger partial charge in [-0.15, -0.1) is 0 Å². The molecule has 0 unspecified atom stereocenters. The van der Waals surface area contributed by atoms with Crippen LogP contribution in [-0.4, -0.2) is 30.3 Å². The number of hydrogen-bond donors (Lipinski definition) is 2. The molecular weight excluding hydrogens is 242 g/mol. The summed E-state index contributed by atoms with van der Waals surface area (Å²) in [6, 6.07) is 3.52. The van der Waals surface area contributed by atoms with E-state index in [0.717, 1.165) is 37.0 Å². The third-order valence-corrected chi connectivity index (χ3v) is 3.72. The van der Waals surface area contributed by atoms with Crippen LogP contribution >= 0.6 is 0 Å². The standard InChI is InChI=1S/C15H21NO3/c1-10-5-6-13(14(17)11(10)2)15(18)16-8-7-12-4-3-9-19-12/h5-6,12,17H,3-4,7-9H2,1-2H3,(H,16,18)/t12-/m1/s1. The van der Waals surface area contributed by atoms with E-state index in [-0.39, 0.29) is 17.8 Å². The molecule has 1 aromatic carbocycles. The predicted molar refractivity (Wildman–Crippen MR) is 73.5 cm³/mol. The maximum absolute atomic E-state index is 12.0. The van der Waals surface area contributed by atoms with Gasteiger partial charge < -0.3 is 15.2 Å². The highest BCUT2D eigenvalue weighted by molar-refractivity contribution is 5.97. The van der Waals surface area contributed by atoms with Crippen LogP contribution in [0.2, 0.25) is 0 Å². The van der Waals surface area contributed by atoms with Gasteiger partial charge in [0, 0.05) is 13.2 Å². The van der Waals surface area contributed by atoms with E-state index in [1.54, 1.807) is 6.07 Å². The minimum absolute atomic E-state index is 0.0783. The molecule has 19 heavy (non-hydrogen) atoms. The number of aromatic hydroxyl groups is 1. The maximum Gasteiger partial charge on any atom is 0.255 e. The molecule has 0 aromatic heterocycles. The third-order valence-electron chi connectivity index (χ3n) is 3.72. The first-order valence-electron chi connectivity index (χ1n) is 6.78. The van der Waals surface area contributed by atoms with E-state index in [1.807, 2.05) is 19.9 Å². The van der Waals surface area contributed by atoms with Crippen molar-refractivity contribution in [1.82, 2.24) is 5.32 Å². The van der Waals surface area contributed by atoms with Crippen LogP contribution in [0.15, 0.2) is 12.1 Å². The third kappa shape index (κ3) is 3.26. The average Bonchev–Trinajstić information content (AvgIpc) is 2.89. The molecule has 0 radical (unpaired) electrons. The molecule has 1 aliphatic heterocycles. The van der Waals surface area contributed by atoms with Gasteiger partial charge in [0.25, 0.3) is 5.91 Å². The molecule has 4 heteroatoms. The Morgan fingerprint density at radius 1 is 1.47 bits per heavy atom. The zero-order valence-electron chi connectivity index (χ0n) is 11.5. The fourth-order valence-electron chi connectivity index (χ4n) is 2.30. The number of rotatable bonds is 4. The van der Waals surface area contributed by atoms with Gasteiger partial charge in [-0.3, -0.25) is 4.79 Å². The molecule has 1 fully saturated rings. The first-order valence-corrected chi connectivity index (χ1v) is 6.78. The van der Waals surface area contributed by atoms with Crippen LogP contribution in [0.5, 0.6) is 5.75 Å². The van der Waals surface area contributed by atoms with Gasteiger partial charge in [0.15, 0.2) is 0 Å². The average molecular weight is 263 g/mol. The normalized spacial score (nSPS) is 18.5. The summed E-state index contributed by atoms with van der Waals surface area (Å²) in [7, 11) is 0. The van der Waals surface area contributed by atoms with Crippen molar-refractivity contribution >= 4 is 5.91 Å². The Kier molecular flexibility index (Phi) is 4.43. The molecular formula is C15H21NO3. The zero-order valence-corrected chi connectivity index (χ0v) is 11.5. The largest absolute Gasteiger partial charge is 0.507 e. The Hall–Kier alpha value is -1.55. The second-order valence-corrected chi connectivity index (χ2v) is 5.08. The van der Waals surface area contributed by atoms with E-state index in [1.165, 1.54) is 0 Å². The Morgan fingerprint density at radius 2 is 2.26 bits per heavy atom. The minimum atomic E-state index is -0.224. The summed E-state index contributed by atoms with van der Waals surface area (Å²) < 4.78 is 5.50. The van der Waals surface area contributed by atoms with Crippen molar-refractivity contribution in [2.75, 3.05) is 13.2 Å². The molecule has 1 heterocycles. The van der Waals surface area contributed by atoms with Crippen LogP contribution in [0, 0.1) is 13.8 Å². The van der Waals surface area contributed by atoms with Gasteiger partial charge in [-0.2, -0.15) is 0 Å².